The average molecular weight is 419 g/mol. The first-order valence-electron chi connectivity index (χ1n) is 9.31. The number of carbonyl (C=O) groups is 3. The van der Waals surface area contributed by atoms with Crippen molar-refractivity contribution in [1.29, 1.82) is 0 Å². The molecule has 0 spiro atoms. The fraction of sp³-hybridized carbons (Fsp3) is 0.286. The van der Waals surface area contributed by atoms with Crippen LogP contribution in [0.4, 0.5) is 25.0 Å². The minimum Gasteiger partial charge on any atom is -0.449 e. The maximum Gasteiger partial charge on any atom is 0.411 e. The van der Waals surface area contributed by atoms with E-state index in [-0.39, 0.29) is 31.1 Å². The molecule has 0 unspecified atom stereocenters. The molecule has 2 aromatic rings. The topological polar surface area (TPSA) is 96.5 Å². The number of nitrogens with one attached hydrogen (secondary N) is 3. The van der Waals surface area contributed by atoms with E-state index in [1.54, 1.807) is 24.3 Å². The molecular formula is C21H23F2N3O4. The van der Waals surface area contributed by atoms with E-state index in [4.69, 9.17) is 4.74 Å². The van der Waals surface area contributed by atoms with Crippen LogP contribution in [-0.2, 0) is 9.53 Å². The van der Waals surface area contributed by atoms with Gasteiger partial charge in [0.05, 0.1) is 12.2 Å². The lowest BCUT2D eigenvalue weighted by molar-refractivity contribution is -0.116. The first-order valence-corrected chi connectivity index (χ1v) is 9.31. The molecule has 0 aliphatic heterocycles. The number of halogens is 2. The number of benzene rings is 2. The Hall–Kier alpha value is -3.49. The van der Waals surface area contributed by atoms with Gasteiger partial charge in [0, 0.05) is 30.4 Å². The smallest absolute Gasteiger partial charge is 0.411 e. The Labute approximate surface area is 172 Å². The Morgan fingerprint density at radius 3 is 2.37 bits per heavy atom. The third kappa shape index (κ3) is 7.50. The molecular weight excluding hydrogens is 396 g/mol. The highest BCUT2D eigenvalue weighted by Crippen LogP contribution is 2.16. The van der Waals surface area contributed by atoms with Gasteiger partial charge in [0.2, 0.25) is 5.91 Å². The van der Waals surface area contributed by atoms with Gasteiger partial charge in [0.15, 0.2) is 0 Å². The summed E-state index contributed by atoms with van der Waals surface area (Å²) in [5, 5.41) is 7.60. The Morgan fingerprint density at radius 2 is 1.70 bits per heavy atom. The van der Waals surface area contributed by atoms with Gasteiger partial charge in [-0.05, 0) is 36.2 Å². The van der Waals surface area contributed by atoms with Crippen molar-refractivity contribution in [3.05, 3.63) is 59.7 Å². The monoisotopic (exact) mass is 419 g/mol. The highest BCUT2D eigenvalue weighted by molar-refractivity contribution is 5.95. The van der Waals surface area contributed by atoms with Gasteiger partial charge in [-0.25, -0.2) is 13.6 Å². The maximum atomic E-state index is 13.6. The molecule has 3 N–H and O–H groups in total. The highest BCUT2D eigenvalue weighted by atomic mass is 19.1. The first kappa shape index (κ1) is 22.8. The van der Waals surface area contributed by atoms with E-state index in [1.807, 2.05) is 13.8 Å². The van der Waals surface area contributed by atoms with E-state index in [0.717, 1.165) is 12.1 Å². The van der Waals surface area contributed by atoms with Gasteiger partial charge >= 0.3 is 6.09 Å². The van der Waals surface area contributed by atoms with Crippen molar-refractivity contribution in [3.63, 3.8) is 0 Å². The summed E-state index contributed by atoms with van der Waals surface area (Å²) in [6.07, 6.45) is -0.661. The molecule has 30 heavy (non-hydrogen) atoms. The second kappa shape index (κ2) is 10.9. The maximum absolute atomic E-state index is 13.6. The third-order valence-corrected chi connectivity index (χ3v) is 3.75. The standard InChI is InChI=1S/C21H23F2N3O4/c1-13(2)12-30-21(29)26-16-5-3-4-15(11-16)25-19(27)8-9-24-20(28)17-7-6-14(22)10-18(17)23/h3-7,10-11,13H,8-9,12H2,1-2H3,(H,24,28)(H,25,27)(H,26,29). The number of amides is 3. The first-order chi connectivity index (χ1) is 14.2. The largest absolute Gasteiger partial charge is 0.449 e. The molecule has 7 nitrogen and oxygen atoms in total. The van der Waals surface area contributed by atoms with Crippen LogP contribution in [-0.4, -0.2) is 31.1 Å². The van der Waals surface area contributed by atoms with Gasteiger partial charge in [-0.3, -0.25) is 14.9 Å². The van der Waals surface area contributed by atoms with Gasteiger partial charge in [0.1, 0.15) is 11.6 Å². The zero-order valence-corrected chi connectivity index (χ0v) is 16.6. The van der Waals surface area contributed by atoms with Crippen LogP contribution >= 0.6 is 0 Å². The van der Waals surface area contributed by atoms with Crippen LogP contribution < -0.4 is 16.0 Å². The van der Waals surface area contributed by atoms with Gasteiger partial charge < -0.3 is 15.4 Å². The SMILES string of the molecule is CC(C)COC(=O)Nc1cccc(NC(=O)CCNC(=O)c2ccc(F)cc2F)c1. The molecule has 0 heterocycles. The molecule has 0 saturated heterocycles. The van der Waals surface area contributed by atoms with E-state index in [0.29, 0.717) is 17.4 Å². The predicted octanol–water partition coefficient (Wildman–Crippen LogP) is 3.93. The van der Waals surface area contributed by atoms with Crippen LogP contribution in [0.3, 0.4) is 0 Å². The highest BCUT2D eigenvalue weighted by Gasteiger charge is 2.13. The molecule has 160 valence electrons. The summed E-state index contributed by atoms with van der Waals surface area (Å²) in [4.78, 5) is 35.7. The van der Waals surface area contributed by atoms with Crippen molar-refractivity contribution in [2.75, 3.05) is 23.8 Å². The molecule has 0 aromatic heterocycles. The number of anilines is 2. The Balaban J connectivity index is 1.80. The van der Waals surface area contributed by atoms with Crippen molar-refractivity contribution >= 4 is 29.3 Å². The molecule has 0 saturated carbocycles. The van der Waals surface area contributed by atoms with Crippen LogP contribution in [0.5, 0.6) is 0 Å². The van der Waals surface area contributed by atoms with Gasteiger partial charge in [-0.1, -0.05) is 19.9 Å². The quantitative estimate of drug-likeness (QED) is 0.604. The number of ether oxygens (including phenoxy) is 1. The Morgan fingerprint density at radius 1 is 1.00 bits per heavy atom. The van der Waals surface area contributed by atoms with Gasteiger partial charge in [-0.15, -0.1) is 0 Å². The molecule has 0 fully saturated rings. The summed E-state index contributed by atoms with van der Waals surface area (Å²) in [5.41, 5.74) is 0.583. The van der Waals surface area contributed by atoms with E-state index < -0.39 is 29.5 Å². The molecule has 0 bridgehead atoms. The van der Waals surface area contributed by atoms with E-state index >= 15 is 0 Å². The summed E-state index contributed by atoms with van der Waals surface area (Å²) in [7, 11) is 0. The lowest BCUT2D eigenvalue weighted by atomic mass is 10.2. The molecule has 0 aliphatic rings. The molecule has 0 radical (unpaired) electrons. The van der Waals surface area contributed by atoms with E-state index in [1.165, 1.54) is 0 Å². The summed E-state index contributed by atoms with van der Waals surface area (Å²) in [6, 6.07) is 9.10. The van der Waals surface area contributed by atoms with Crippen molar-refractivity contribution in [2.45, 2.75) is 20.3 Å². The molecule has 3 amide bonds. The summed E-state index contributed by atoms with van der Waals surface area (Å²) in [5.74, 6) is -2.69. The minimum atomic E-state index is -0.979. The lowest BCUT2D eigenvalue weighted by Crippen LogP contribution is -2.28. The number of carbonyl (C=O) groups excluding carboxylic acids is 3. The van der Waals surface area contributed by atoms with E-state index in [9.17, 15) is 23.2 Å². The van der Waals surface area contributed by atoms with E-state index in [2.05, 4.69) is 16.0 Å². The summed E-state index contributed by atoms with van der Waals surface area (Å²) >= 11 is 0. The van der Waals surface area contributed by atoms with Crippen LogP contribution in [0.1, 0.15) is 30.6 Å². The lowest BCUT2D eigenvalue weighted by Gasteiger charge is -2.11. The van der Waals surface area contributed by atoms with Crippen molar-refractivity contribution in [3.8, 4) is 0 Å². The van der Waals surface area contributed by atoms with Crippen molar-refractivity contribution in [1.82, 2.24) is 5.32 Å². The molecule has 9 heteroatoms. The number of hydrogen-bond donors (Lipinski definition) is 3. The fourth-order valence-electron chi connectivity index (χ4n) is 2.35. The summed E-state index contributed by atoms with van der Waals surface area (Å²) < 4.78 is 31.5. The van der Waals surface area contributed by atoms with Crippen molar-refractivity contribution in [2.24, 2.45) is 5.92 Å². The fourth-order valence-corrected chi connectivity index (χ4v) is 2.35. The Kier molecular flexibility index (Phi) is 8.28. The van der Waals surface area contributed by atoms with Crippen LogP contribution in [0.25, 0.3) is 0 Å². The Bertz CT molecular complexity index is 919. The minimum absolute atomic E-state index is 0.0407. The molecule has 0 aliphatic carbocycles. The zero-order chi connectivity index (χ0) is 22.1. The molecule has 2 aromatic carbocycles. The number of rotatable bonds is 8. The van der Waals surface area contributed by atoms with Gasteiger partial charge in [-0.2, -0.15) is 0 Å². The molecule has 2 rings (SSSR count). The van der Waals surface area contributed by atoms with Crippen molar-refractivity contribution < 1.29 is 27.9 Å². The van der Waals surface area contributed by atoms with Crippen LogP contribution in [0.15, 0.2) is 42.5 Å². The number of hydrogen-bond acceptors (Lipinski definition) is 4. The second-order valence-corrected chi connectivity index (χ2v) is 6.88. The summed E-state index contributed by atoms with van der Waals surface area (Å²) in [6.45, 7) is 4.08. The normalized spacial score (nSPS) is 10.4. The predicted molar refractivity (Wildman–Crippen MR) is 108 cm³/mol. The third-order valence-electron chi connectivity index (χ3n) is 3.75. The average Bonchev–Trinajstić information content (AvgIpc) is 2.66. The molecule has 0 atom stereocenters. The van der Waals surface area contributed by atoms with Crippen LogP contribution in [0.2, 0.25) is 0 Å². The van der Waals surface area contributed by atoms with Gasteiger partial charge in [0.25, 0.3) is 5.91 Å². The second-order valence-electron chi connectivity index (χ2n) is 6.88. The zero-order valence-electron chi connectivity index (χ0n) is 16.6. The van der Waals surface area contributed by atoms with Crippen LogP contribution in [0, 0.1) is 17.6 Å².